The monoisotopic (exact) mass is 358 g/mol. The maximum Gasteiger partial charge on any atom is 0.259 e. The molecule has 2 rings (SSSR count). The average molecular weight is 358 g/mol. The summed E-state index contributed by atoms with van der Waals surface area (Å²) in [4.78, 5) is 14.8. The molecule has 0 heterocycles. The van der Waals surface area contributed by atoms with E-state index in [-0.39, 0.29) is 5.91 Å². The number of ether oxygens (including phenoxy) is 3. The number of amides is 1. The Bertz CT molecular complexity index is 742. The Balaban J connectivity index is 2.17. The Morgan fingerprint density at radius 3 is 2.12 bits per heavy atom. The van der Waals surface area contributed by atoms with E-state index in [1.165, 1.54) is 26.9 Å². The highest BCUT2D eigenvalue weighted by Crippen LogP contribution is 2.39. The van der Waals surface area contributed by atoms with Crippen LogP contribution < -0.4 is 19.5 Å². The van der Waals surface area contributed by atoms with E-state index < -0.39 is 0 Å². The van der Waals surface area contributed by atoms with Gasteiger partial charge >= 0.3 is 0 Å². The first-order valence-electron chi connectivity index (χ1n) is 8.34. The van der Waals surface area contributed by atoms with Gasteiger partial charge in [-0.3, -0.25) is 4.79 Å². The van der Waals surface area contributed by atoms with Gasteiger partial charge in [0.1, 0.15) is 0 Å². The second kappa shape index (κ2) is 9.10. The van der Waals surface area contributed by atoms with Gasteiger partial charge in [-0.2, -0.15) is 0 Å². The van der Waals surface area contributed by atoms with Crippen LogP contribution in [-0.4, -0.2) is 52.8 Å². The SMILES string of the molecule is COc1ccc(C(=O)Nc2ccc(CCN(C)C)cc2)c(OC)c1OC. The number of carbonyl (C=O) groups is 1. The normalized spacial score (nSPS) is 10.5. The molecule has 2 aromatic carbocycles. The topological polar surface area (TPSA) is 60.0 Å². The third-order valence-corrected chi connectivity index (χ3v) is 4.01. The molecule has 0 unspecified atom stereocenters. The molecule has 0 aliphatic rings. The Kier molecular flexibility index (Phi) is 6.86. The van der Waals surface area contributed by atoms with E-state index in [1.54, 1.807) is 12.1 Å². The molecule has 0 saturated carbocycles. The van der Waals surface area contributed by atoms with Crippen LogP contribution in [0.15, 0.2) is 36.4 Å². The summed E-state index contributed by atoms with van der Waals surface area (Å²) in [5.41, 5.74) is 2.32. The summed E-state index contributed by atoms with van der Waals surface area (Å²) in [7, 11) is 8.63. The van der Waals surface area contributed by atoms with Gasteiger partial charge < -0.3 is 24.4 Å². The lowest BCUT2D eigenvalue weighted by Crippen LogP contribution is -2.15. The van der Waals surface area contributed by atoms with Crippen LogP contribution in [0.5, 0.6) is 17.2 Å². The summed E-state index contributed by atoms with van der Waals surface area (Å²) >= 11 is 0. The van der Waals surface area contributed by atoms with Crippen LogP contribution in [0.25, 0.3) is 0 Å². The van der Waals surface area contributed by atoms with E-state index in [1.807, 2.05) is 38.4 Å². The smallest absolute Gasteiger partial charge is 0.259 e. The van der Waals surface area contributed by atoms with Crippen LogP contribution in [0.1, 0.15) is 15.9 Å². The van der Waals surface area contributed by atoms with Crippen molar-refractivity contribution in [1.82, 2.24) is 4.90 Å². The molecule has 0 aromatic heterocycles. The molecule has 0 aliphatic carbocycles. The summed E-state index contributed by atoms with van der Waals surface area (Å²) < 4.78 is 15.9. The number of nitrogens with zero attached hydrogens (tertiary/aromatic N) is 1. The Hall–Kier alpha value is -2.73. The number of hydrogen-bond acceptors (Lipinski definition) is 5. The molecule has 2 aromatic rings. The number of anilines is 1. The minimum Gasteiger partial charge on any atom is -0.493 e. The van der Waals surface area contributed by atoms with Crippen molar-refractivity contribution in [3.63, 3.8) is 0 Å². The zero-order valence-electron chi connectivity index (χ0n) is 16.0. The van der Waals surface area contributed by atoms with Gasteiger partial charge in [0.2, 0.25) is 5.75 Å². The van der Waals surface area contributed by atoms with Gasteiger partial charge in [0.05, 0.1) is 26.9 Å². The van der Waals surface area contributed by atoms with Crippen molar-refractivity contribution in [3.8, 4) is 17.2 Å². The number of likely N-dealkylation sites (N-methyl/N-ethyl adjacent to an activating group) is 1. The fourth-order valence-corrected chi connectivity index (χ4v) is 2.59. The summed E-state index contributed by atoms with van der Waals surface area (Å²) in [6, 6.07) is 11.2. The Morgan fingerprint density at radius 2 is 1.58 bits per heavy atom. The van der Waals surface area contributed by atoms with E-state index >= 15 is 0 Å². The van der Waals surface area contributed by atoms with E-state index in [0.717, 1.165) is 18.7 Å². The lowest BCUT2D eigenvalue weighted by atomic mass is 10.1. The molecule has 6 heteroatoms. The number of rotatable bonds is 8. The van der Waals surface area contributed by atoms with E-state index in [4.69, 9.17) is 14.2 Å². The largest absolute Gasteiger partial charge is 0.493 e. The first kappa shape index (κ1) is 19.6. The van der Waals surface area contributed by atoms with Crippen molar-refractivity contribution >= 4 is 11.6 Å². The standard InChI is InChI=1S/C20H26N2O4/c1-22(2)13-12-14-6-8-15(9-7-14)21-20(23)16-10-11-17(24-3)19(26-5)18(16)25-4/h6-11H,12-13H2,1-5H3,(H,21,23). The Labute approximate surface area is 154 Å². The average Bonchev–Trinajstić information content (AvgIpc) is 2.65. The van der Waals surface area contributed by atoms with Gasteiger partial charge in [-0.1, -0.05) is 12.1 Å². The Morgan fingerprint density at radius 1 is 0.923 bits per heavy atom. The van der Waals surface area contributed by atoms with Crippen LogP contribution in [0.2, 0.25) is 0 Å². The molecular weight excluding hydrogens is 332 g/mol. The van der Waals surface area contributed by atoms with E-state index in [0.29, 0.717) is 22.8 Å². The molecule has 0 atom stereocenters. The molecule has 0 radical (unpaired) electrons. The molecule has 0 fully saturated rings. The molecule has 0 bridgehead atoms. The van der Waals surface area contributed by atoms with Crippen molar-refractivity contribution in [1.29, 1.82) is 0 Å². The molecule has 0 spiro atoms. The van der Waals surface area contributed by atoms with E-state index in [9.17, 15) is 4.79 Å². The van der Waals surface area contributed by atoms with Gasteiger partial charge in [0.25, 0.3) is 5.91 Å². The highest BCUT2D eigenvalue weighted by atomic mass is 16.5. The van der Waals surface area contributed by atoms with Crippen molar-refractivity contribution < 1.29 is 19.0 Å². The molecule has 1 N–H and O–H groups in total. The number of nitrogens with one attached hydrogen (secondary N) is 1. The van der Waals surface area contributed by atoms with Crippen molar-refractivity contribution in [2.45, 2.75) is 6.42 Å². The van der Waals surface area contributed by atoms with Gasteiger partial charge in [-0.05, 0) is 50.3 Å². The summed E-state index contributed by atoms with van der Waals surface area (Å²) in [5, 5.41) is 2.89. The second-order valence-electron chi connectivity index (χ2n) is 6.09. The third kappa shape index (κ3) is 4.67. The fraction of sp³-hybridized carbons (Fsp3) is 0.350. The minimum atomic E-state index is -0.274. The highest BCUT2D eigenvalue weighted by Gasteiger charge is 2.20. The van der Waals surface area contributed by atoms with Crippen LogP contribution >= 0.6 is 0 Å². The molecule has 0 aliphatic heterocycles. The maximum absolute atomic E-state index is 12.7. The molecular formula is C20H26N2O4. The molecule has 1 amide bonds. The zero-order chi connectivity index (χ0) is 19.1. The van der Waals surface area contributed by atoms with Crippen molar-refractivity contribution in [2.24, 2.45) is 0 Å². The van der Waals surface area contributed by atoms with Crippen LogP contribution in [0.4, 0.5) is 5.69 Å². The van der Waals surface area contributed by atoms with E-state index in [2.05, 4.69) is 10.2 Å². The van der Waals surface area contributed by atoms with Gasteiger partial charge in [0.15, 0.2) is 11.5 Å². The number of benzene rings is 2. The van der Waals surface area contributed by atoms with Crippen LogP contribution in [0.3, 0.4) is 0 Å². The first-order chi connectivity index (χ1) is 12.5. The first-order valence-corrected chi connectivity index (χ1v) is 8.34. The quantitative estimate of drug-likeness (QED) is 0.786. The maximum atomic E-state index is 12.7. The molecule has 0 saturated heterocycles. The minimum absolute atomic E-state index is 0.274. The van der Waals surface area contributed by atoms with Gasteiger partial charge in [0, 0.05) is 12.2 Å². The summed E-state index contributed by atoms with van der Waals surface area (Å²) in [6.45, 7) is 0.981. The summed E-state index contributed by atoms with van der Waals surface area (Å²) in [5.74, 6) is 0.962. The lowest BCUT2D eigenvalue weighted by molar-refractivity contribution is 0.102. The van der Waals surface area contributed by atoms with Crippen molar-refractivity contribution in [3.05, 3.63) is 47.5 Å². The molecule has 6 nitrogen and oxygen atoms in total. The lowest BCUT2D eigenvalue weighted by Gasteiger charge is -2.15. The number of carbonyl (C=O) groups excluding carboxylic acids is 1. The summed E-state index contributed by atoms with van der Waals surface area (Å²) in [6.07, 6.45) is 0.963. The number of methoxy groups -OCH3 is 3. The second-order valence-corrected chi connectivity index (χ2v) is 6.09. The van der Waals surface area contributed by atoms with Gasteiger partial charge in [-0.25, -0.2) is 0 Å². The number of hydrogen-bond donors (Lipinski definition) is 1. The third-order valence-electron chi connectivity index (χ3n) is 4.01. The van der Waals surface area contributed by atoms with Crippen LogP contribution in [0, 0.1) is 0 Å². The van der Waals surface area contributed by atoms with Gasteiger partial charge in [-0.15, -0.1) is 0 Å². The highest BCUT2D eigenvalue weighted by molar-refractivity contribution is 6.07. The zero-order valence-corrected chi connectivity index (χ0v) is 16.0. The fourth-order valence-electron chi connectivity index (χ4n) is 2.59. The molecule has 140 valence electrons. The predicted molar refractivity (Wildman–Crippen MR) is 103 cm³/mol. The van der Waals surface area contributed by atoms with Crippen LogP contribution in [-0.2, 0) is 6.42 Å². The molecule has 26 heavy (non-hydrogen) atoms. The van der Waals surface area contributed by atoms with Crippen molar-refractivity contribution in [2.75, 3.05) is 47.3 Å². The predicted octanol–water partition coefficient (Wildman–Crippen LogP) is 3.07.